The Morgan fingerprint density at radius 1 is 1.29 bits per heavy atom. The van der Waals surface area contributed by atoms with Gasteiger partial charge in [0.2, 0.25) is 10.0 Å². The average molecular weight is 413 g/mol. The maximum Gasteiger partial charge on any atom is 0.338 e. The van der Waals surface area contributed by atoms with Gasteiger partial charge in [0.25, 0.3) is 5.91 Å². The summed E-state index contributed by atoms with van der Waals surface area (Å²) in [5.74, 6) is -1.15. The highest BCUT2D eigenvalue weighted by molar-refractivity contribution is 7.89. The molecule has 1 aliphatic rings. The lowest BCUT2D eigenvalue weighted by atomic mass is 10.2. The molecule has 28 heavy (non-hydrogen) atoms. The Labute approximate surface area is 166 Å². The Balaban J connectivity index is 2.08. The maximum atomic E-state index is 12.9. The summed E-state index contributed by atoms with van der Waals surface area (Å²) in [4.78, 5) is 24.0. The lowest BCUT2D eigenvalue weighted by molar-refractivity contribution is -0.124. The predicted octanol–water partition coefficient (Wildman–Crippen LogP) is 1.56. The van der Waals surface area contributed by atoms with E-state index in [2.05, 4.69) is 5.32 Å². The third kappa shape index (κ3) is 5.76. The highest BCUT2D eigenvalue weighted by atomic mass is 32.2. The van der Waals surface area contributed by atoms with Crippen LogP contribution >= 0.6 is 0 Å². The number of hydrogen-bond acceptors (Lipinski definition) is 6. The van der Waals surface area contributed by atoms with Crippen LogP contribution < -0.4 is 5.32 Å². The molecule has 0 saturated carbocycles. The van der Waals surface area contributed by atoms with Crippen LogP contribution in [0.3, 0.4) is 0 Å². The van der Waals surface area contributed by atoms with Gasteiger partial charge < -0.3 is 14.8 Å². The molecule has 1 heterocycles. The van der Waals surface area contributed by atoms with Crippen LogP contribution in [0.4, 0.5) is 0 Å². The summed E-state index contributed by atoms with van der Waals surface area (Å²) in [7, 11) is -3.77. The third-order valence-electron chi connectivity index (χ3n) is 4.45. The van der Waals surface area contributed by atoms with E-state index < -0.39 is 28.5 Å². The minimum Gasteiger partial charge on any atom is -0.452 e. The van der Waals surface area contributed by atoms with E-state index in [-0.39, 0.29) is 41.8 Å². The van der Waals surface area contributed by atoms with Crippen LogP contribution in [-0.4, -0.2) is 62.5 Å². The second-order valence-electron chi connectivity index (χ2n) is 7.06. The number of hydrogen-bond donors (Lipinski definition) is 1. The molecule has 0 unspecified atom stereocenters. The Morgan fingerprint density at radius 3 is 2.54 bits per heavy atom. The van der Waals surface area contributed by atoms with E-state index in [0.29, 0.717) is 0 Å². The van der Waals surface area contributed by atoms with Crippen molar-refractivity contribution in [1.29, 1.82) is 0 Å². The SMILES string of the molecule is CC[C@H](C)NC(=O)COC(=O)c1cccc(S(=O)(=O)N2C[C@@H](C)O[C@H](C)C2)c1. The van der Waals surface area contributed by atoms with Crippen molar-refractivity contribution < 1.29 is 27.5 Å². The highest BCUT2D eigenvalue weighted by Crippen LogP contribution is 2.22. The van der Waals surface area contributed by atoms with E-state index in [1.54, 1.807) is 0 Å². The van der Waals surface area contributed by atoms with E-state index in [1.807, 2.05) is 27.7 Å². The van der Waals surface area contributed by atoms with Gasteiger partial charge in [-0.15, -0.1) is 0 Å². The van der Waals surface area contributed by atoms with E-state index >= 15 is 0 Å². The number of nitrogens with zero attached hydrogens (tertiary/aromatic N) is 1. The monoisotopic (exact) mass is 412 g/mol. The van der Waals surface area contributed by atoms with Crippen LogP contribution in [0.15, 0.2) is 29.2 Å². The Morgan fingerprint density at radius 2 is 1.93 bits per heavy atom. The Bertz CT molecular complexity index is 800. The first-order chi connectivity index (χ1) is 13.1. The molecular formula is C19H28N2O6S. The standard InChI is InChI=1S/C19H28N2O6S/c1-5-13(2)20-18(22)12-26-19(23)16-7-6-8-17(9-16)28(24,25)21-10-14(3)27-15(4)11-21/h6-9,13-15H,5,10-12H2,1-4H3,(H,20,22)/t13-,14+,15+/m0/s1. The van der Waals surface area contributed by atoms with Gasteiger partial charge in [0.05, 0.1) is 22.7 Å². The molecule has 1 N–H and O–H groups in total. The molecule has 1 amide bonds. The largest absolute Gasteiger partial charge is 0.452 e. The minimum absolute atomic E-state index is 0.00677. The van der Waals surface area contributed by atoms with Crippen LogP contribution in [0.25, 0.3) is 0 Å². The molecule has 0 spiro atoms. The number of morpholine rings is 1. The third-order valence-corrected chi connectivity index (χ3v) is 6.28. The fourth-order valence-electron chi connectivity index (χ4n) is 2.89. The molecule has 1 fully saturated rings. The van der Waals surface area contributed by atoms with Crippen molar-refractivity contribution in [2.45, 2.75) is 57.3 Å². The number of ether oxygens (including phenoxy) is 2. The number of carbonyl (C=O) groups excluding carboxylic acids is 2. The number of carbonyl (C=O) groups is 2. The Hall–Kier alpha value is -1.97. The lowest BCUT2D eigenvalue weighted by Crippen LogP contribution is -2.48. The first kappa shape index (κ1) is 22.3. The van der Waals surface area contributed by atoms with Crippen molar-refractivity contribution in [3.05, 3.63) is 29.8 Å². The molecule has 1 saturated heterocycles. The fraction of sp³-hybridized carbons (Fsp3) is 0.579. The summed E-state index contributed by atoms with van der Waals surface area (Å²) < 4.78 is 37.8. The van der Waals surface area contributed by atoms with Gasteiger partial charge in [0.15, 0.2) is 6.61 Å². The van der Waals surface area contributed by atoms with Crippen LogP contribution in [-0.2, 0) is 24.3 Å². The topological polar surface area (TPSA) is 102 Å². The molecule has 2 rings (SSSR count). The molecule has 8 nitrogen and oxygen atoms in total. The molecule has 0 aliphatic carbocycles. The zero-order valence-electron chi connectivity index (χ0n) is 16.7. The van der Waals surface area contributed by atoms with Gasteiger partial charge in [-0.3, -0.25) is 4.79 Å². The van der Waals surface area contributed by atoms with Crippen molar-refractivity contribution >= 4 is 21.9 Å². The van der Waals surface area contributed by atoms with Gasteiger partial charge in [-0.2, -0.15) is 4.31 Å². The summed E-state index contributed by atoms with van der Waals surface area (Å²) in [5.41, 5.74) is 0.0757. The number of sulfonamides is 1. The average Bonchev–Trinajstić information content (AvgIpc) is 2.65. The molecule has 1 aromatic rings. The van der Waals surface area contributed by atoms with E-state index in [4.69, 9.17) is 9.47 Å². The number of esters is 1. The zero-order valence-corrected chi connectivity index (χ0v) is 17.5. The summed E-state index contributed by atoms with van der Waals surface area (Å²) in [6.07, 6.45) is 0.338. The normalized spacial score (nSPS) is 21.7. The van der Waals surface area contributed by atoms with E-state index in [9.17, 15) is 18.0 Å². The van der Waals surface area contributed by atoms with Crippen LogP contribution in [0, 0.1) is 0 Å². The molecule has 0 aromatic heterocycles. The molecule has 9 heteroatoms. The van der Waals surface area contributed by atoms with Gasteiger partial charge in [0.1, 0.15) is 0 Å². The van der Waals surface area contributed by atoms with Crippen molar-refractivity contribution in [1.82, 2.24) is 9.62 Å². The van der Waals surface area contributed by atoms with Crippen LogP contribution in [0.1, 0.15) is 44.5 Å². The van der Waals surface area contributed by atoms with Gasteiger partial charge in [0, 0.05) is 19.1 Å². The molecule has 156 valence electrons. The number of benzene rings is 1. The minimum atomic E-state index is -3.77. The summed E-state index contributed by atoms with van der Waals surface area (Å²) in [6.45, 7) is 7.49. The van der Waals surface area contributed by atoms with Crippen molar-refractivity contribution in [3.8, 4) is 0 Å². The second-order valence-corrected chi connectivity index (χ2v) is 9.00. The van der Waals surface area contributed by atoms with Crippen LogP contribution in [0.5, 0.6) is 0 Å². The smallest absolute Gasteiger partial charge is 0.338 e. The second kappa shape index (κ2) is 9.49. The zero-order chi connectivity index (χ0) is 20.9. The molecule has 1 aliphatic heterocycles. The maximum absolute atomic E-state index is 12.9. The lowest BCUT2D eigenvalue weighted by Gasteiger charge is -2.34. The van der Waals surface area contributed by atoms with Crippen molar-refractivity contribution in [3.63, 3.8) is 0 Å². The van der Waals surface area contributed by atoms with E-state index in [0.717, 1.165) is 6.42 Å². The van der Waals surface area contributed by atoms with Crippen molar-refractivity contribution in [2.75, 3.05) is 19.7 Å². The fourth-order valence-corrected chi connectivity index (χ4v) is 4.53. The van der Waals surface area contributed by atoms with Gasteiger partial charge in [-0.1, -0.05) is 13.0 Å². The first-order valence-corrected chi connectivity index (χ1v) is 10.8. The first-order valence-electron chi connectivity index (χ1n) is 9.35. The predicted molar refractivity (Wildman–Crippen MR) is 103 cm³/mol. The number of nitrogens with one attached hydrogen (secondary N) is 1. The van der Waals surface area contributed by atoms with Crippen LogP contribution in [0.2, 0.25) is 0 Å². The number of rotatable bonds is 7. The van der Waals surface area contributed by atoms with Gasteiger partial charge in [-0.25, -0.2) is 13.2 Å². The Kier molecular flexibility index (Phi) is 7.56. The summed E-state index contributed by atoms with van der Waals surface area (Å²) >= 11 is 0. The van der Waals surface area contributed by atoms with E-state index in [1.165, 1.54) is 28.6 Å². The van der Waals surface area contributed by atoms with Crippen molar-refractivity contribution in [2.24, 2.45) is 0 Å². The molecule has 1 aromatic carbocycles. The number of amides is 1. The molecular weight excluding hydrogens is 384 g/mol. The quantitative estimate of drug-likeness (QED) is 0.682. The summed E-state index contributed by atoms with van der Waals surface area (Å²) in [5, 5.41) is 2.69. The highest BCUT2D eigenvalue weighted by Gasteiger charge is 2.32. The van der Waals surface area contributed by atoms with Gasteiger partial charge in [-0.05, 0) is 45.4 Å². The molecule has 3 atom stereocenters. The summed E-state index contributed by atoms with van der Waals surface area (Å²) in [6, 6.07) is 5.63. The van der Waals surface area contributed by atoms with Gasteiger partial charge >= 0.3 is 5.97 Å². The molecule has 0 bridgehead atoms. The molecule has 0 radical (unpaired) electrons.